The first kappa shape index (κ1) is 22.7. The van der Waals surface area contributed by atoms with Crippen molar-refractivity contribution in [3.63, 3.8) is 0 Å². The summed E-state index contributed by atoms with van der Waals surface area (Å²) in [7, 11) is 0. The van der Waals surface area contributed by atoms with Crippen molar-refractivity contribution in [3.05, 3.63) is 107 Å². The van der Waals surface area contributed by atoms with Crippen LogP contribution in [0.3, 0.4) is 0 Å². The van der Waals surface area contributed by atoms with E-state index in [9.17, 15) is 0 Å². The number of nitrogens with one attached hydrogen (secondary N) is 1. The molecule has 2 aromatic heterocycles. The van der Waals surface area contributed by atoms with Crippen LogP contribution < -0.4 is 15.0 Å². The summed E-state index contributed by atoms with van der Waals surface area (Å²) in [5.41, 5.74) is 3.72. The summed E-state index contributed by atoms with van der Waals surface area (Å²) in [5.74, 6) is 0.818. The maximum atomic E-state index is 6.60. The number of ether oxygens (including phenoxy) is 1. The van der Waals surface area contributed by atoms with Crippen LogP contribution >= 0.6 is 35.4 Å². The van der Waals surface area contributed by atoms with E-state index < -0.39 is 0 Å². The zero-order valence-corrected chi connectivity index (χ0v) is 20.7. The van der Waals surface area contributed by atoms with E-state index >= 15 is 0 Å². The van der Waals surface area contributed by atoms with Crippen LogP contribution in [0.15, 0.2) is 85.2 Å². The van der Waals surface area contributed by atoms with Gasteiger partial charge in [-0.05, 0) is 85.9 Å². The van der Waals surface area contributed by atoms with Gasteiger partial charge in [-0.15, -0.1) is 0 Å². The van der Waals surface area contributed by atoms with Crippen LogP contribution in [-0.4, -0.2) is 21.3 Å². The number of hydrogen-bond donors (Lipinski definition) is 1. The lowest BCUT2D eigenvalue weighted by atomic mass is 10.0. The van der Waals surface area contributed by atoms with Gasteiger partial charge in [-0.3, -0.25) is 4.98 Å². The Morgan fingerprint density at radius 1 is 1.03 bits per heavy atom. The van der Waals surface area contributed by atoms with E-state index in [1.807, 2.05) is 73.8 Å². The number of anilines is 1. The van der Waals surface area contributed by atoms with Crippen LogP contribution in [-0.2, 0) is 0 Å². The average molecular weight is 509 g/mol. The molecular formula is C26H22Cl2N4OS. The molecule has 0 amide bonds. The Kier molecular flexibility index (Phi) is 6.46. The lowest BCUT2D eigenvalue weighted by molar-refractivity contribution is 0.340. The van der Waals surface area contributed by atoms with Crippen molar-refractivity contribution >= 4 is 46.2 Å². The zero-order chi connectivity index (χ0) is 23.7. The predicted octanol–water partition coefficient (Wildman–Crippen LogP) is 6.75. The highest BCUT2D eigenvalue weighted by molar-refractivity contribution is 7.80. The number of halogens is 2. The molecule has 4 aromatic rings. The summed E-state index contributed by atoms with van der Waals surface area (Å²) in [5, 5.41) is 5.28. The van der Waals surface area contributed by atoms with Gasteiger partial charge in [-0.1, -0.05) is 29.3 Å². The summed E-state index contributed by atoms with van der Waals surface area (Å²) < 4.78 is 7.71. The molecule has 8 heteroatoms. The number of rotatable bonds is 6. The largest absolute Gasteiger partial charge is 0.494 e. The number of pyridine rings is 1. The van der Waals surface area contributed by atoms with E-state index in [2.05, 4.69) is 25.8 Å². The van der Waals surface area contributed by atoms with Gasteiger partial charge in [0.1, 0.15) is 11.8 Å². The standard InChI is InChI=1S/C26H22Cl2N4OS/c1-2-33-19-11-9-18(10-12-19)32-25(24(30-26(32)34)21-6-3-4-14-29-21)23-7-5-15-31(23)22-13-8-17(27)16-20(22)28/h3-16,24-25H,2H2,1H3,(H,30,34)/t24-,25+/m0/s1. The fraction of sp³-hybridized carbons (Fsp3) is 0.154. The van der Waals surface area contributed by atoms with E-state index in [0.29, 0.717) is 21.8 Å². The lowest BCUT2D eigenvalue weighted by Crippen LogP contribution is -2.30. The fourth-order valence-corrected chi connectivity index (χ4v) is 5.18. The van der Waals surface area contributed by atoms with Crippen LogP contribution in [0.2, 0.25) is 10.0 Å². The van der Waals surface area contributed by atoms with E-state index in [0.717, 1.165) is 28.5 Å². The first-order valence-corrected chi connectivity index (χ1v) is 12.1. The molecule has 0 spiro atoms. The van der Waals surface area contributed by atoms with Gasteiger partial charge in [-0.25, -0.2) is 0 Å². The zero-order valence-electron chi connectivity index (χ0n) is 18.4. The Morgan fingerprint density at radius 2 is 1.85 bits per heavy atom. The van der Waals surface area contributed by atoms with E-state index in [4.69, 9.17) is 40.2 Å². The molecule has 0 aliphatic carbocycles. The minimum Gasteiger partial charge on any atom is -0.494 e. The summed E-state index contributed by atoms with van der Waals surface area (Å²) in [6.07, 6.45) is 3.80. The molecule has 1 aliphatic rings. The van der Waals surface area contributed by atoms with Gasteiger partial charge in [0.2, 0.25) is 0 Å². The smallest absolute Gasteiger partial charge is 0.174 e. The van der Waals surface area contributed by atoms with Crippen molar-refractivity contribution in [2.24, 2.45) is 0 Å². The molecule has 2 atom stereocenters. The highest BCUT2D eigenvalue weighted by Crippen LogP contribution is 2.43. The summed E-state index contributed by atoms with van der Waals surface area (Å²) in [6.45, 7) is 2.58. The van der Waals surface area contributed by atoms with Crippen molar-refractivity contribution < 1.29 is 4.74 Å². The molecule has 1 saturated heterocycles. The summed E-state index contributed by atoms with van der Waals surface area (Å²) in [4.78, 5) is 6.76. The van der Waals surface area contributed by atoms with Crippen LogP contribution in [0, 0.1) is 0 Å². The molecule has 5 nitrogen and oxygen atoms in total. The van der Waals surface area contributed by atoms with Gasteiger partial charge in [0, 0.05) is 28.8 Å². The van der Waals surface area contributed by atoms with Gasteiger partial charge >= 0.3 is 0 Å². The van der Waals surface area contributed by atoms with Crippen LogP contribution in [0.25, 0.3) is 5.69 Å². The maximum absolute atomic E-state index is 6.60. The van der Waals surface area contributed by atoms with Gasteiger partial charge in [-0.2, -0.15) is 0 Å². The minimum absolute atomic E-state index is 0.167. The van der Waals surface area contributed by atoms with Crippen LogP contribution in [0.4, 0.5) is 5.69 Å². The molecule has 3 heterocycles. The number of hydrogen-bond acceptors (Lipinski definition) is 3. The first-order valence-electron chi connectivity index (χ1n) is 10.9. The van der Waals surface area contributed by atoms with Gasteiger partial charge in [0.05, 0.1) is 29.1 Å². The summed E-state index contributed by atoms with van der Waals surface area (Å²) in [6, 6.07) is 23.1. The third kappa shape index (κ3) is 4.25. The Morgan fingerprint density at radius 3 is 2.56 bits per heavy atom. The Bertz CT molecular complexity index is 1310. The molecule has 1 fully saturated rings. The van der Waals surface area contributed by atoms with Crippen molar-refractivity contribution in [1.29, 1.82) is 0 Å². The average Bonchev–Trinajstić information content (AvgIpc) is 3.44. The van der Waals surface area contributed by atoms with E-state index in [1.165, 1.54) is 0 Å². The lowest BCUT2D eigenvalue weighted by Gasteiger charge is -2.29. The van der Waals surface area contributed by atoms with Gasteiger partial charge in [0.15, 0.2) is 5.11 Å². The molecule has 2 aromatic carbocycles. The second-order valence-corrected chi connectivity index (χ2v) is 9.05. The van der Waals surface area contributed by atoms with Crippen molar-refractivity contribution in [3.8, 4) is 11.4 Å². The molecule has 1 aliphatic heterocycles. The van der Waals surface area contributed by atoms with Gasteiger partial charge in [0.25, 0.3) is 0 Å². The fourth-order valence-electron chi connectivity index (χ4n) is 4.33. The SMILES string of the molecule is CCOc1ccc(N2C(=S)N[C@@H](c3ccccn3)[C@H]2c2cccn2-c2ccc(Cl)cc2Cl)cc1. The number of benzene rings is 2. The molecule has 0 bridgehead atoms. The van der Waals surface area contributed by atoms with Crippen molar-refractivity contribution in [2.45, 2.75) is 19.0 Å². The topological polar surface area (TPSA) is 42.3 Å². The van der Waals surface area contributed by atoms with Crippen LogP contribution in [0.1, 0.15) is 30.4 Å². The molecule has 172 valence electrons. The predicted molar refractivity (Wildman–Crippen MR) is 141 cm³/mol. The second-order valence-electron chi connectivity index (χ2n) is 7.82. The molecule has 0 saturated carbocycles. The summed E-state index contributed by atoms with van der Waals surface area (Å²) >= 11 is 18.6. The third-order valence-electron chi connectivity index (χ3n) is 5.78. The quantitative estimate of drug-likeness (QED) is 0.291. The minimum atomic E-state index is -0.179. The van der Waals surface area contributed by atoms with E-state index in [-0.39, 0.29) is 12.1 Å². The monoisotopic (exact) mass is 508 g/mol. The first-order chi connectivity index (χ1) is 16.6. The number of nitrogens with zero attached hydrogens (tertiary/aromatic N) is 3. The molecule has 5 rings (SSSR count). The highest BCUT2D eigenvalue weighted by atomic mass is 35.5. The molecule has 1 N–H and O–H groups in total. The van der Waals surface area contributed by atoms with Crippen LogP contribution in [0.5, 0.6) is 5.75 Å². The number of thiocarbonyl (C=S) groups is 1. The molecule has 34 heavy (non-hydrogen) atoms. The number of aromatic nitrogens is 2. The van der Waals surface area contributed by atoms with Gasteiger partial charge < -0.3 is 19.5 Å². The Balaban J connectivity index is 1.64. The molecule has 0 unspecified atom stereocenters. The van der Waals surface area contributed by atoms with Crippen molar-refractivity contribution in [1.82, 2.24) is 14.9 Å². The normalized spacial score (nSPS) is 17.6. The third-order valence-corrected chi connectivity index (χ3v) is 6.63. The van der Waals surface area contributed by atoms with Crippen molar-refractivity contribution in [2.75, 3.05) is 11.5 Å². The molecule has 0 radical (unpaired) electrons. The Hall–Kier alpha value is -3.06. The highest BCUT2D eigenvalue weighted by Gasteiger charge is 2.42. The second kappa shape index (κ2) is 9.66. The maximum Gasteiger partial charge on any atom is 0.174 e. The van der Waals surface area contributed by atoms with E-state index in [1.54, 1.807) is 12.3 Å². The Labute approximate surface area is 213 Å². The molecular weight excluding hydrogens is 487 g/mol.